The van der Waals surface area contributed by atoms with Crippen LogP contribution >= 0.6 is 11.3 Å². The third-order valence-electron chi connectivity index (χ3n) is 4.58. The Morgan fingerprint density at radius 3 is 2.88 bits per heavy atom. The molecule has 0 saturated heterocycles. The standard InChI is InChI=1S/C19H22N2O3S/c1-13(18-20-15-10-6-7-11-16(15)25-18)21(2)17(22)12-24-19(23)14-8-4-3-5-9-14/h3-4,6-7,10-11,13-14H,5,8-9,12H2,1-2H3/t13-,14-/m1/s1. The van der Waals surface area contributed by atoms with Crippen molar-refractivity contribution in [2.45, 2.75) is 32.2 Å². The van der Waals surface area contributed by atoms with Crippen LogP contribution in [-0.2, 0) is 14.3 Å². The zero-order chi connectivity index (χ0) is 17.8. The minimum absolute atomic E-state index is 0.121. The lowest BCUT2D eigenvalue weighted by atomic mass is 9.95. The molecule has 3 rings (SSSR count). The van der Waals surface area contributed by atoms with Gasteiger partial charge in [0.05, 0.1) is 22.2 Å². The molecule has 0 N–H and O–H groups in total. The van der Waals surface area contributed by atoms with Gasteiger partial charge in [-0.05, 0) is 38.3 Å². The molecular weight excluding hydrogens is 336 g/mol. The summed E-state index contributed by atoms with van der Waals surface area (Å²) in [6.45, 7) is 1.72. The second-order valence-corrected chi connectivity index (χ2v) is 7.35. The number of carbonyl (C=O) groups is 2. The highest BCUT2D eigenvalue weighted by Gasteiger charge is 2.24. The van der Waals surface area contributed by atoms with Crippen LogP contribution in [0.15, 0.2) is 36.4 Å². The molecule has 2 atom stereocenters. The maximum atomic E-state index is 12.4. The summed E-state index contributed by atoms with van der Waals surface area (Å²) in [5.74, 6) is -0.616. The number of fused-ring (bicyclic) bond motifs is 1. The molecule has 1 aliphatic carbocycles. The number of hydrogen-bond acceptors (Lipinski definition) is 5. The molecule has 1 aromatic heterocycles. The zero-order valence-electron chi connectivity index (χ0n) is 14.5. The molecule has 1 heterocycles. The van der Waals surface area contributed by atoms with Crippen molar-refractivity contribution in [3.8, 4) is 0 Å². The highest BCUT2D eigenvalue weighted by atomic mass is 32.1. The Balaban J connectivity index is 1.57. The Morgan fingerprint density at radius 2 is 2.16 bits per heavy atom. The average Bonchev–Trinajstić information content (AvgIpc) is 3.09. The number of para-hydroxylation sites is 1. The second-order valence-electron chi connectivity index (χ2n) is 6.29. The first-order valence-corrected chi connectivity index (χ1v) is 9.30. The van der Waals surface area contributed by atoms with Crippen molar-refractivity contribution in [3.05, 3.63) is 41.4 Å². The van der Waals surface area contributed by atoms with Crippen LogP contribution in [0.4, 0.5) is 0 Å². The minimum Gasteiger partial charge on any atom is -0.455 e. The van der Waals surface area contributed by atoms with E-state index in [0.29, 0.717) is 6.42 Å². The fourth-order valence-corrected chi connectivity index (χ4v) is 3.87. The largest absolute Gasteiger partial charge is 0.455 e. The highest BCUT2D eigenvalue weighted by molar-refractivity contribution is 7.18. The molecule has 0 saturated carbocycles. The molecular formula is C19H22N2O3S. The van der Waals surface area contributed by atoms with Crippen molar-refractivity contribution in [1.82, 2.24) is 9.88 Å². The molecule has 0 aliphatic heterocycles. The molecule has 5 nitrogen and oxygen atoms in total. The molecule has 0 spiro atoms. The number of carbonyl (C=O) groups excluding carboxylic acids is 2. The topological polar surface area (TPSA) is 59.5 Å². The fraction of sp³-hybridized carbons (Fsp3) is 0.421. The number of likely N-dealkylation sites (N-methyl/N-ethyl adjacent to an activating group) is 1. The van der Waals surface area contributed by atoms with E-state index in [9.17, 15) is 9.59 Å². The van der Waals surface area contributed by atoms with E-state index >= 15 is 0 Å². The number of thiazole rings is 1. The van der Waals surface area contributed by atoms with E-state index in [1.54, 1.807) is 23.3 Å². The van der Waals surface area contributed by atoms with Gasteiger partial charge in [0, 0.05) is 7.05 Å². The van der Waals surface area contributed by atoms with Crippen molar-refractivity contribution in [3.63, 3.8) is 0 Å². The molecule has 6 heteroatoms. The predicted octanol–water partition coefficient (Wildman–Crippen LogP) is 3.72. The first kappa shape index (κ1) is 17.6. The zero-order valence-corrected chi connectivity index (χ0v) is 15.3. The lowest BCUT2D eigenvalue weighted by molar-refractivity contribution is -0.156. The summed E-state index contributed by atoms with van der Waals surface area (Å²) in [4.78, 5) is 30.6. The first-order valence-electron chi connectivity index (χ1n) is 8.49. The van der Waals surface area contributed by atoms with Gasteiger partial charge < -0.3 is 9.64 Å². The summed E-state index contributed by atoms with van der Waals surface area (Å²) in [6, 6.07) is 7.74. The molecule has 1 aromatic carbocycles. The highest BCUT2D eigenvalue weighted by Crippen LogP contribution is 2.28. The Bertz CT molecular complexity index is 766. The van der Waals surface area contributed by atoms with Gasteiger partial charge in [0.15, 0.2) is 6.61 Å². The van der Waals surface area contributed by atoms with Crippen molar-refractivity contribution < 1.29 is 14.3 Å². The quantitative estimate of drug-likeness (QED) is 0.604. The summed E-state index contributed by atoms with van der Waals surface area (Å²) in [6.07, 6.45) is 6.45. The smallest absolute Gasteiger partial charge is 0.309 e. The van der Waals surface area contributed by atoms with E-state index < -0.39 is 0 Å². The van der Waals surface area contributed by atoms with Crippen LogP contribution in [0.2, 0.25) is 0 Å². The number of hydrogen-bond donors (Lipinski definition) is 0. The number of aromatic nitrogens is 1. The van der Waals surface area contributed by atoms with Crippen molar-refractivity contribution in [2.75, 3.05) is 13.7 Å². The monoisotopic (exact) mass is 358 g/mol. The van der Waals surface area contributed by atoms with Crippen LogP contribution in [-0.4, -0.2) is 35.4 Å². The van der Waals surface area contributed by atoms with Crippen LogP contribution in [0.1, 0.15) is 37.2 Å². The number of esters is 1. The van der Waals surface area contributed by atoms with Crippen LogP contribution < -0.4 is 0 Å². The SMILES string of the molecule is C[C@H](c1nc2ccccc2s1)N(C)C(=O)COC(=O)[C@@H]1CC=CCC1. The van der Waals surface area contributed by atoms with Crippen LogP contribution in [0.25, 0.3) is 10.2 Å². The number of allylic oxidation sites excluding steroid dienone is 2. The van der Waals surface area contributed by atoms with Crippen molar-refractivity contribution in [2.24, 2.45) is 5.92 Å². The summed E-state index contributed by atoms with van der Waals surface area (Å²) >= 11 is 1.58. The Labute approximate surface area is 151 Å². The third kappa shape index (κ3) is 4.07. The second kappa shape index (κ2) is 7.78. The summed E-state index contributed by atoms with van der Waals surface area (Å²) in [5.41, 5.74) is 0.937. The van der Waals surface area contributed by atoms with Crippen molar-refractivity contribution >= 4 is 33.4 Å². The summed E-state index contributed by atoms with van der Waals surface area (Å²) in [5, 5.41) is 0.876. The maximum Gasteiger partial charge on any atom is 0.309 e. The number of ether oxygens (including phenoxy) is 1. The van der Waals surface area contributed by atoms with Gasteiger partial charge in [0.25, 0.3) is 5.91 Å². The molecule has 25 heavy (non-hydrogen) atoms. The van der Waals surface area contributed by atoms with Gasteiger partial charge in [-0.15, -0.1) is 11.3 Å². The van der Waals surface area contributed by atoms with Gasteiger partial charge in [0.1, 0.15) is 5.01 Å². The Hall–Kier alpha value is -2.21. The summed E-state index contributed by atoms with van der Waals surface area (Å²) < 4.78 is 6.33. The van der Waals surface area contributed by atoms with Crippen LogP contribution in [0.5, 0.6) is 0 Å². The lowest BCUT2D eigenvalue weighted by Gasteiger charge is -2.23. The number of nitrogens with zero attached hydrogens (tertiary/aromatic N) is 2. The Morgan fingerprint density at radius 1 is 1.36 bits per heavy atom. The molecule has 1 amide bonds. The van der Waals surface area contributed by atoms with Gasteiger partial charge >= 0.3 is 5.97 Å². The van der Waals surface area contributed by atoms with Gasteiger partial charge in [-0.25, -0.2) is 4.98 Å². The lowest BCUT2D eigenvalue weighted by Crippen LogP contribution is -2.34. The Kier molecular flexibility index (Phi) is 5.48. The van der Waals surface area contributed by atoms with E-state index in [4.69, 9.17) is 4.74 Å². The maximum absolute atomic E-state index is 12.4. The minimum atomic E-state index is -0.279. The van der Waals surface area contributed by atoms with E-state index in [1.807, 2.05) is 37.3 Å². The molecule has 0 bridgehead atoms. The molecule has 2 aromatic rings. The van der Waals surface area contributed by atoms with E-state index in [2.05, 4.69) is 11.1 Å². The number of amides is 1. The first-order chi connectivity index (χ1) is 12.1. The van der Waals surface area contributed by atoms with E-state index in [0.717, 1.165) is 28.1 Å². The fourth-order valence-electron chi connectivity index (χ4n) is 2.81. The number of rotatable bonds is 5. The molecule has 0 unspecified atom stereocenters. The van der Waals surface area contributed by atoms with Gasteiger partial charge in [-0.3, -0.25) is 9.59 Å². The van der Waals surface area contributed by atoms with E-state index in [1.165, 1.54) is 0 Å². The van der Waals surface area contributed by atoms with Gasteiger partial charge in [-0.1, -0.05) is 24.3 Å². The average molecular weight is 358 g/mol. The van der Waals surface area contributed by atoms with Gasteiger partial charge in [0.2, 0.25) is 0 Å². The molecule has 0 radical (unpaired) electrons. The predicted molar refractivity (Wildman–Crippen MR) is 98.2 cm³/mol. The third-order valence-corrected chi connectivity index (χ3v) is 5.79. The number of benzene rings is 1. The molecule has 0 fully saturated rings. The summed E-state index contributed by atoms with van der Waals surface area (Å²) in [7, 11) is 1.72. The molecule has 132 valence electrons. The van der Waals surface area contributed by atoms with Crippen molar-refractivity contribution in [1.29, 1.82) is 0 Å². The molecule has 1 aliphatic rings. The van der Waals surface area contributed by atoms with E-state index in [-0.39, 0.29) is 30.4 Å². The normalized spacial score (nSPS) is 18.1. The van der Waals surface area contributed by atoms with Gasteiger partial charge in [-0.2, -0.15) is 0 Å². The van der Waals surface area contributed by atoms with Crippen LogP contribution in [0, 0.1) is 5.92 Å². The van der Waals surface area contributed by atoms with Crippen LogP contribution in [0.3, 0.4) is 0 Å².